The van der Waals surface area contributed by atoms with Crippen molar-refractivity contribution in [3.8, 4) is 5.75 Å². The third kappa shape index (κ3) is 6.17. The maximum atomic E-state index is 12.9. The number of carbonyl (C=O) groups is 3. The van der Waals surface area contributed by atoms with Crippen molar-refractivity contribution in [1.29, 1.82) is 0 Å². The molecule has 0 bridgehead atoms. The molecule has 0 radical (unpaired) electrons. The summed E-state index contributed by atoms with van der Waals surface area (Å²) in [4.78, 5) is 40.8. The Kier molecular flexibility index (Phi) is 8.10. The highest BCUT2D eigenvalue weighted by Crippen LogP contribution is 2.35. The number of benzene rings is 2. The Labute approximate surface area is 217 Å². The van der Waals surface area contributed by atoms with E-state index in [2.05, 4.69) is 38.5 Å². The molecule has 0 spiro atoms. The topological polar surface area (TPSA) is 76.2 Å². The lowest BCUT2D eigenvalue weighted by atomic mass is 10.1. The molecule has 7 nitrogen and oxygen atoms in total. The number of hydrogen-bond acceptors (Lipinski definition) is 6. The average molecular weight is 643 g/mol. The molecule has 2 aromatic carbocycles. The lowest BCUT2D eigenvalue weighted by molar-refractivity contribution is -0.139. The van der Waals surface area contributed by atoms with Crippen LogP contribution in [-0.4, -0.2) is 59.7 Å². The van der Waals surface area contributed by atoms with Gasteiger partial charge in [0.05, 0.1) is 18.1 Å². The lowest BCUT2D eigenvalue weighted by Gasteiger charge is -2.28. The van der Waals surface area contributed by atoms with Gasteiger partial charge in [-0.2, -0.15) is 0 Å². The van der Waals surface area contributed by atoms with E-state index in [0.29, 0.717) is 44.2 Å². The van der Waals surface area contributed by atoms with E-state index in [1.165, 1.54) is 0 Å². The van der Waals surface area contributed by atoms with Crippen LogP contribution in [0.4, 0.5) is 4.79 Å². The van der Waals surface area contributed by atoms with E-state index in [9.17, 15) is 14.4 Å². The molecule has 33 heavy (non-hydrogen) atoms. The molecule has 0 aromatic heterocycles. The van der Waals surface area contributed by atoms with Crippen LogP contribution in [0.5, 0.6) is 5.75 Å². The number of thioether (sulfide) groups is 1. The quantitative estimate of drug-likeness (QED) is 0.341. The fourth-order valence-corrected chi connectivity index (χ4v) is 4.90. The van der Waals surface area contributed by atoms with Gasteiger partial charge in [0.15, 0.2) is 0 Å². The molecule has 2 fully saturated rings. The molecule has 0 N–H and O–H groups in total. The molecule has 10 heteroatoms. The van der Waals surface area contributed by atoms with Crippen LogP contribution in [0, 0.1) is 3.57 Å². The lowest BCUT2D eigenvalue weighted by Crippen LogP contribution is -2.46. The Hall–Kier alpha value is -1.89. The summed E-state index contributed by atoms with van der Waals surface area (Å²) in [7, 11) is 0. The van der Waals surface area contributed by atoms with Gasteiger partial charge in [-0.25, -0.2) is 0 Å². The van der Waals surface area contributed by atoms with Crippen LogP contribution in [-0.2, 0) is 20.9 Å². The fourth-order valence-electron chi connectivity index (χ4n) is 3.33. The van der Waals surface area contributed by atoms with E-state index >= 15 is 0 Å². The van der Waals surface area contributed by atoms with Crippen LogP contribution in [0.1, 0.15) is 11.1 Å². The van der Waals surface area contributed by atoms with Crippen molar-refractivity contribution >= 4 is 73.4 Å². The van der Waals surface area contributed by atoms with Crippen LogP contribution in [0.3, 0.4) is 0 Å². The number of carbonyl (C=O) groups excluding carboxylic acids is 3. The van der Waals surface area contributed by atoms with Crippen molar-refractivity contribution in [2.24, 2.45) is 0 Å². The SMILES string of the molecule is O=C(CN1C(=O)S/C(=C/c2cc(Br)ccc2OCc2ccc(I)cc2)C1=O)N1CCOCC1. The van der Waals surface area contributed by atoms with Crippen molar-refractivity contribution in [2.45, 2.75) is 6.61 Å². The van der Waals surface area contributed by atoms with Gasteiger partial charge in [-0.3, -0.25) is 19.3 Å². The number of amides is 3. The zero-order chi connectivity index (χ0) is 23.4. The molecule has 2 aromatic rings. The number of ether oxygens (including phenoxy) is 2. The summed E-state index contributed by atoms with van der Waals surface area (Å²) in [5, 5.41) is -0.454. The molecule has 4 rings (SSSR count). The first-order valence-corrected chi connectivity index (χ1v) is 12.9. The first-order chi connectivity index (χ1) is 15.9. The van der Waals surface area contributed by atoms with Gasteiger partial charge < -0.3 is 14.4 Å². The number of morpholine rings is 1. The Morgan fingerprint density at radius 1 is 1.15 bits per heavy atom. The van der Waals surface area contributed by atoms with Crippen LogP contribution < -0.4 is 4.74 Å². The van der Waals surface area contributed by atoms with E-state index in [-0.39, 0.29) is 17.4 Å². The maximum absolute atomic E-state index is 12.9. The van der Waals surface area contributed by atoms with Crippen molar-refractivity contribution in [3.05, 3.63) is 66.5 Å². The molecule has 0 aliphatic carbocycles. The Morgan fingerprint density at radius 3 is 2.61 bits per heavy atom. The predicted molar refractivity (Wildman–Crippen MR) is 138 cm³/mol. The second kappa shape index (κ2) is 11.0. The molecule has 0 atom stereocenters. The second-order valence-electron chi connectivity index (χ2n) is 7.36. The van der Waals surface area contributed by atoms with Gasteiger partial charge in [0.2, 0.25) is 5.91 Å². The highest BCUT2D eigenvalue weighted by atomic mass is 127. The first-order valence-electron chi connectivity index (χ1n) is 10.2. The van der Waals surface area contributed by atoms with Crippen LogP contribution in [0.2, 0.25) is 0 Å². The van der Waals surface area contributed by atoms with Crippen molar-refractivity contribution in [2.75, 3.05) is 32.8 Å². The van der Waals surface area contributed by atoms with Gasteiger partial charge in [0, 0.05) is 26.7 Å². The monoisotopic (exact) mass is 642 g/mol. The fraction of sp³-hybridized carbons (Fsp3) is 0.261. The van der Waals surface area contributed by atoms with Gasteiger partial charge in [-0.05, 0) is 76.3 Å². The molecule has 2 aliphatic rings. The van der Waals surface area contributed by atoms with Crippen LogP contribution in [0.25, 0.3) is 6.08 Å². The average Bonchev–Trinajstić information content (AvgIpc) is 3.07. The van der Waals surface area contributed by atoms with Crippen molar-refractivity contribution < 1.29 is 23.9 Å². The number of nitrogens with zero attached hydrogens (tertiary/aromatic N) is 2. The third-order valence-electron chi connectivity index (χ3n) is 5.10. The number of hydrogen-bond donors (Lipinski definition) is 0. The minimum Gasteiger partial charge on any atom is -0.488 e. The predicted octanol–water partition coefficient (Wildman–Crippen LogP) is 4.53. The summed E-state index contributed by atoms with van der Waals surface area (Å²) in [6.45, 7) is 1.95. The third-order valence-corrected chi connectivity index (χ3v) is 7.22. The molecule has 172 valence electrons. The van der Waals surface area contributed by atoms with Gasteiger partial charge in [-0.1, -0.05) is 28.1 Å². The van der Waals surface area contributed by atoms with Gasteiger partial charge >= 0.3 is 0 Å². The van der Waals surface area contributed by atoms with E-state index in [1.807, 2.05) is 42.5 Å². The van der Waals surface area contributed by atoms with E-state index in [1.54, 1.807) is 11.0 Å². The molecule has 0 saturated carbocycles. The maximum Gasteiger partial charge on any atom is 0.294 e. The normalized spacial score (nSPS) is 17.7. The highest BCUT2D eigenvalue weighted by molar-refractivity contribution is 14.1. The molecular weight excluding hydrogens is 623 g/mol. The van der Waals surface area contributed by atoms with Gasteiger partial charge in [0.1, 0.15) is 18.9 Å². The molecule has 3 amide bonds. The minimum absolute atomic E-state index is 0.256. The van der Waals surface area contributed by atoms with Gasteiger partial charge in [0.25, 0.3) is 11.1 Å². The standard InChI is InChI=1S/C23H20BrIN2O5S/c24-17-3-6-19(32-14-15-1-4-18(25)5-2-15)16(11-17)12-20-22(29)27(23(30)33-20)13-21(28)26-7-9-31-10-8-26/h1-6,11-12H,7-10,13-14H2/b20-12+. The van der Waals surface area contributed by atoms with Gasteiger partial charge in [-0.15, -0.1) is 0 Å². The summed E-state index contributed by atoms with van der Waals surface area (Å²) < 4.78 is 13.2. The van der Waals surface area contributed by atoms with Crippen molar-refractivity contribution in [3.63, 3.8) is 0 Å². The summed E-state index contributed by atoms with van der Waals surface area (Å²) in [6, 6.07) is 13.5. The van der Waals surface area contributed by atoms with E-state index in [0.717, 1.165) is 30.3 Å². The summed E-state index contributed by atoms with van der Waals surface area (Å²) >= 11 is 6.53. The highest BCUT2D eigenvalue weighted by Gasteiger charge is 2.37. The number of imide groups is 1. The Morgan fingerprint density at radius 2 is 1.88 bits per heavy atom. The summed E-state index contributed by atoms with van der Waals surface area (Å²) in [5.41, 5.74) is 1.69. The number of rotatable bonds is 6. The molecule has 0 unspecified atom stereocenters. The zero-order valence-corrected chi connectivity index (χ0v) is 22.0. The molecule has 2 heterocycles. The Balaban J connectivity index is 1.49. The first kappa shape index (κ1) is 24.2. The van der Waals surface area contributed by atoms with E-state index in [4.69, 9.17) is 9.47 Å². The minimum atomic E-state index is -0.477. The zero-order valence-electron chi connectivity index (χ0n) is 17.5. The largest absolute Gasteiger partial charge is 0.488 e. The molecule has 2 aliphatic heterocycles. The van der Waals surface area contributed by atoms with Crippen LogP contribution >= 0.6 is 50.3 Å². The van der Waals surface area contributed by atoms with E-state index < -0.39 is 11.1 Å². The Bertz CT molecular complexity index is 1100. The smallest absolute Gasteiger partial charge is 0.294 e. The van der Waals surface area contributed by atoms with Crippen molar-refractivity contribution in [1.82, 2.24) is 9.80 Å². The molecule has 2 saturated heterocycles. The van der Waals surface area contributed by atoms with Crippen LogP contribution in [0.15, 0.2) is 51.8 Å². The second-order valence-corrected chi connectivity index (χ2v) is 10.5. The number of halogens is 2. The molecular formula is C23H20BrIN2O5S. The summed E-state index contributed by atoms with van der Waals surface area (Å²) in [6.07, 6.45) is 1.64. The summed E-state index contributed by atoms with van der Waals surface area (Å²) in [5.74, 6) is -0.144.